The van der Waals surface area contributed by atoms with Crippen LogP contribution in [0.4, 0.5) is 17.6 Å². The van der Waals surface area contributed by atoms with Gasteiger partial charge in [-0.25, -0.2) is 8.78 Å². The summed E-state index contributed by atoms with van der Waals surface area (Å²) in [5.41, 5.74) is 0.917. The number of benzene rings is 2. The molecule has 0 aromatic heterocycles. The highest BCUT2D eigenvalue weighted by Crippen LogP contribution is 2.41. The van der Waals surface area contributed by atoms with Crippen molar-refractivity contribution in [1.29, 1.82) is 0 Å². The summed E-state index contributed by atoms with van der Waals surface area (Å²) in [7, 11) is 0. The minimum absolute atomic E-state index is 0.0287. The summed E-state index contributed by atoms with van der Waals surface area (Å²) in [5, 5.41) is 0. The number of hydrogen-bond donors (Lipinski definition) is 0. The Kier molecular flexibility index (Phi) is 9.52. The van der Waals surface area contributed by atoms with Gasteiger partial charge in [-0.1, -0.05) is 24.8 Å². The zero-order valence-corrected chi connectivity index (χ0v) is 21.4. The van der Waals surface area contributed by atoms with Gasteiger partial charge in [-0.15, -0.1) is 0 Å². The number of ether oxygens (including phenoxy) is 3. The Balaban J connectivity index is 1.31. The SMILES string of the molecule is C=CCOc1ccc(OCC2CCC(c3ccc(C4CCC(OCC)CC4)c(F)c3F)CC2)c(F)c1F. The average molecular weight is 521 g/mol. The third-order valence-electron chi connectivity index (χ3n) is 7.79. The fourth-order valence-electron chi connectivity index (χ4n) is 5.72. The molecule has 0 unspecified atom stereocenters. The lowest BCUT2D eigenvalue weighted by molar-refractivity contribution is 0.0325. The van der Waals surface area contributed by atoms with Crippen molar-refractivity contribution in [1.82, 2.24) is 0 Å². The first-order valence-corrected chi connectivity index (χ1v) is 13.4. The standard InChI is InChI=1S/C30H36F4O3/c1-3-17-36-25-15-16-26(30(34)29(25)33)37-18-19-5-7-20(8-6-19)23-13-14-24(28(32)27(23)31)21-9-11-22(12-10-21)35-4-2/h3,13-16,19-22H,1,4-12,17-18H2,2H3. The van der Waals surface area contributed by atoms with E-state index in [4.69, 9.17) is 14.2 Å². The van der Waals surface area contributed by atoms with E-state index >= 15 is 8.78 Å². The van der Waals surface area contributed by atoms with Crippen molar-refractivity contribution in [3.8, 4) is 11.5 Å². The lowest BCUT2D eigenvalue weighted by Crippen LogP contribution is -2.22. The van der Waals surface area contributed by atoms with Gasteiger partial charge in [-0.2, -0.15) is 8.78 Å². The molecule has 0 radical (unpaired) electrons. The summed E-state index contributed by atoms with van der Waals surface area (Å²) < 4.78 is 75.1. The first-order valence-electron chi connectivity index (χ1n) is 13.4. The summed E-state index contributed by atoms with van der Waals surface area (Å²) in [6, 6.07) is 6.22. The summed E-state index contributed by atoms with van der Waals surface area (Å²) in [4.78, 5) is 0. The molecule has 202 valence electrons. The van der Waals surface area contributed by atoms with Crippen LogP contribution in [0.3, 0.4) is 0 Å². The molecule has 2 aromatic rings. The molecule has 0 spiro atoms. The maximum absolute atomic E-state index is 15.1. The highest BCUT2D eigenvalue weighted by atomic mass is 19.2. The van der Waals surface area contributed by atoms with Crippen LogP contribution in [0.15, 0.2) is 36.9 Å². The van der Waals surface area contributed by atoms with Crippen LogP contribution in [-0.4, -0.2) is 25.9 Å². The van der Waals surface area contributed by atoms with Crippen LogP contribution in [0.25, 0.3) is 0 Å². The molecule has 0 saturated heterocycles. The van der Waals surface area contributed by atoms with Gasteiger partial charge in [0.2, 0.25) is 11.6 Å². The van der Waals surface area contributed by atoms with Crippen LogP contribution >= 0.6 is 0 Å². The minimum atomic E-state index is -1.09. The molecule has 37 heavy (non-hydrogen) atoms. The van der Waals surface area contributed by atoms with Crippen molar-refractivity contribution < 1.29 is 31.8 Å². The van der Waals surface area contributed by atoms with E-state index in [1.165, 1.54) is 18.2 Å². The van der Waals surface area contributed by atoms with Crippen molar-refractivity contribution in [2.24, 2.45) is 5.92 Å². The fourth-order valence-corrected chi connectivity index (χ4v) is 5.72. The molecular weight excluding hydrogens is 484 g/mol. The van der Waals surface area contributed by atoms with E-state index in [-0.39, 0.29) is 48.6 Å². The van der Waals surface area contributed by atoms with Gasteiger partial charge in [0.15, 0.2) is 23.1 Å². The summed E-state index contributed by atoms with van der Waals surface area (Å²) in [6.45, 7) is 6.44. The molecular formula is C30H36F4O3. The van der Waals surface area contributed by atoms with Crippen LogP contribution in [-0.2, 0) is 4.74 Å². The molecule has 2 aliphatic carbocycles. The van der Waals surface area contributed by atoms with Gasteiger partial charge < -0.3 is 14.2 Å². The van der Waals surface area contributed by atoms with Crippen molar-refractivity contribution in [3.05, 3.63) is 71.3 Å². The van der Waals surface area contributed by atoms with E-state index in [1.807, 2.05) is 6.92 Å². The molecule has 3 nitrogen and oxygen atoms in total. The van der Waals surface area contributed by atoms with Crippen molar-refractivity contribution in [2.75, 3.05) is 19.8 Å². The fraction of sp³-hybridized carbons (Fsp3) is 0.533. The average Bonchev–Trinajstić information content (AvgIpc) is 2.92. The second kappa shape index (κ2) is 12.8. The Bertz CT molecular complexity index is 1060. The highest BCUT2D eigenvalue weighted by Gasteiger charge is 2.30. The van der Waals surface area contributed by atoms with Gasteiger partial charge in [0, 0.05) is 6.61 Å². The second-order valence-electron chi connectivity index (χ2n) is 10.1. The van der Waals surface area contributed by atoms with Gasteiger partial charge in [0.05, 0.1) is 12.7 Å². The topological polar surface area (TPSA) is 27.7 Å². The lowest BCUT2D eigenvalue weighted by Gasteiger charge is -2.31. The normalized spacial score (nSPS) is 24.0. The zero-order valence-electron chi connectivity index (χ0n) is 21.4. The van der Waals surface area contributed by atoms with Crippen molar-refractivity contribution >= 4 is 0 Å². The van der Waals surface area contributed by atoms with Crippen LogP contribution in [0.2, 0.25) is 0 Å². The number of rotatable bonds is 10. The molecule has 0 amide bonds. The Morgan fingerprint density at radius 1 is 0.730 bits per heavy atom. The minimum Gasteiger partial charge on any atom is -0.490 e. The number of hydrogen-bond acceptors (Lipinski definition) is 3. The quantitative estimate of drug-likeness (QED) is 0.233. The zero-order chi connectivity index (χ0) is 26.4. The molecule has 7 heteroatoms. The van der Waals surface area contributed by atoms with E-state index in [0.717, 1.165) is 38.5 Å². The van der Waals surface area contributed by atoms with Crippen molar-refractivity contribution in [3.63, 3.8) is 0 Å². The summed E-state index contributed by atoms with van der Waals surface area (Å²) in [5.74, 6) is -3.87. The van der Waals surface area contributed by atoms with Gasteiger partial charge in [-0.05, 0) is 99.3 Å². The molecule has 0 N–H and O–H groups in total. The largest absolute Gasteiger partial charge is 0.490 e. The van der Waals surface area contributed by atoms with Gasteiger partial charge in [0.25, 0.3) is 0 Å². The molecule has 0 heterocycles. The predicted octanol–water partition coefficient (Wildman–Crippen LogP) is 8.22. The highest BCUT2D eigenvalue weighted by molar-refractivity contribution is 5.35. The first kappa shape index (κ1) is 27.5. The van der Waals surface area contributed by atoms with E-state index in [0.29, 0.717) is 30.6 Å². The Morgan fingerprint density at radius 2 is 1.24 bits per heavy atom. The molecule has 0 aliphatic heterocycles. The smallest absolute Gasteiger partial charge is 0.204 e. The van der Waals surface area contributed by atoms with Crippen LogP contribution in [0.1, 0.15) is 81.3 Å². The molecule has 0 bridgehead atoms. The van der Waals surface area contributed by atoms with E-state index in [2.05, 4.69) is 6.58 Å². The third kappa shape index (κ3) is 6.49. The molecule has 0 atom stereocenters. The molecule has 2 fully saturated rings. The van der Waals surface area contributed by atoms with Crippen LogP contribution in [0.5, 0.6) is 11.5 Å². The van der Waals surface area contributed by atoms with E-state index < -0.39 is 23.3 Å². The monoisotopic (exact) mass is 520 g/mol. The predicted molar refractivity (Wildman–Crippen MR) is 135 cm³/mol. The molecule has 2 saturated carbocycles. The molecule has 2 aromatic carbocycles. The van der Waals surface area contributed by atoms with Gasteiger partial charge in [0.1, 0.15) is 6.61 Å². The van der Waals surface area contributed by atoms with E-state index in [1.54, 1.807) is 12.1 Å². The third-order valence-corrected chi connectivity index (χ3v) is 7.79. The Morgan fingerprint density at radius 3 is 1.76 bits per heavy atom. The van der Waals surface area contributed by atoms with Crippen LogP contribution < -0.4 is 9.47 Å². The Hall–Kier alpha value is -2.54. The summed E-state index contributed by atoms with van der Waals surface area (Å²) >= 11 is 0. The Labute approximate surface area is 216 Å². The van der Waals surface area contributed by atoms with Crippen LogP contribution in [0, 0.1) is 29.2 Å². The second-order valence-corrected chi connectivity index (χ2v) is 10.1. The molecule has 2 aliphatic rings. The summed E-state index contributed by atoms with van der Waals surface area (Å²) in [6.07, 6.45) is 7.87. The van der Waals surface area contributed by atoms with E-state index in [9.17, 15) is 8.78 Å². The maximum atomic E-state index is 15.1. The first-order chi connectivity index (χ1) is 17.9. The maximum Gasteiger partial charge on any atom is 0.204 e. The van der Waals surface area contributed by atoms with Gasteiger partial charge in [-0.3, -0.25) is 0 Å². The molecule has 4 rings (SSSR count). The van der Waals surface area contributed by atoms with Crippen molar-refractivity contribution in [2.45, 2.75) is 76.2 Å². The number of halogens is 4. The van der Waals surface area contributed by atoms with Gasteiger partial charge >= 0.3 is 0 Å². The lowest BCUT2D eigenvalue weighted by atomic mass is 9.77.